The quantitative estimate of drug-likeness (QED) is 0.907. The van der Waals surface area contributed by atoms with E-state index in [0.717, 1.165) is 49.7 Å². The Labute approximate surface area is 135 Å². The molecule has 5 nitrogen and oxygen atoms in total. The van der Waals surface area contributed by atoms with Gasteiger partial charge in [0.2, 0.25) is 5.91 Å². The number of nitrogens with zero attached hydrogens (tertiary/aromatic N) is 2. The van der Waals surface area contributed by atoms with Crippen LogP contribution in [0.3, 0.4) is 0 Å². The largest absolute Gasteiger partial charge is 0.507 e. The molecule has 122 valence electrons. The van der Waals surface area contributed by atoms with Crippen LogP contribution in [0.15, 0.2) is 12.1 Å². The normalized spacial score (nSPS) is 20.5. The number of hydrogen-bond donors (Lipinski definition) is 1. The summed E-state index contributed by atoms with van der Waals surface area (Å²) in [7, 11) is 0. The number of amides is 2. The molecule has 23 heavy (non-hydrogen) atoms. The molecular weight excluding hydrogens is 292 g/mol. The molecule has 3 aliphatic rings. The minimum absolute atomic E-state index is 0.152. The van der Waals surface area contributed by atoms with E-state index in [2.05, 4.69) is 0 Å². The molecule has 5 heteroatoms. The van der Waals surface area contributed by atoms with Gasteiger partial charge in [0.1, 0.15) is 5.75 Å². The summed E-state index contributed by atoms with van der Waals surface area (Å²) in [6, 6.07) is 3.72. The van der Waals surface area contributed by atoms with Gasteiger partial charge in [-0.1, -0.05) is 6.07 Å². The molecule has 0 radical (unpaired) electrons. The fraction of sp³-hybridized carbons (Fsp3) is 0.556. The molecule has 0 bridgehead atoms. The second-order valence-corrected chi connectivity index (χ2v) is 6.89. The SMILES string of the molecule is O=C(c1ccc2c(c1O)CCCC2)N1CCN(C(=O)C2CC2)C1. The van der Waals surface area contributed by atoms with Gasteiger partial charge in [0.05, 0.1) is 12.2 Å². The van der Waals surface area contributed by atoms with Gasteiger partial charge in [0.25, 0.3) is 5.91 Å². The lowest BCUT2D eigenvalue weighted by Crippen LogP contribution is -2.34. The Balaban J connectivity index is 1.52. The van der Waals surface area contributed by atoms with Gasteiger partial charge in [-0.05, 0) is 55.7 Å². The number of rotatable bonds is 2. The maximum atomic E-state index is 12.7. The van der Waals surface area contributed by atoms with Crippen molar-refractivity contribution in [1.29, 1.82) is 0 Å². The van der Waals surface area contributed by atoms with Crippen LogP contribution in [0.2, 0.25) is 0 Å². The molecule has 1 aromatic carbocycles. The standard InChI is InChI=1S/C18H22N2O3/c21-16-14-4-2-1-3-12(14)7-8-15(16)18(23)20-10-9-19(11-20)17(22)13-5-6-13/h7-8,13,21H,1-6,9-11H2. The molecule has 2 aliphatic carbocycles. The van der Waals surface area contributed by atoms with E-state index in [9.17, 15) is 14.7 Å². The summed E-state index contributed by atoms with van der Waals surface area (Å²) in [5, 5.41) is 10.5. The van der Waals surface area contributed by atoms with Crippen molar-refractivity contribution in [2.75, 3.05) is 19.8 Å². The number of carbonyl (C=O) groups is 2. The van der Waals surface area contributed by atoms with Crippen LogP contribution in [-0.2, 0) is 17.6 Å². The van der Waals surface area contributed by atoms with Gasteiger partial charge >= 0.3 is 0 Å². The first-order valence-corrected chi connectivity index (χ1v) is 8.57. The van der Waals surface area contributed by atoms with Crippen molar-refractivity contribution in [3.63, 3.8) is 0 Å². The first kappa shape index (κ1) is 14.5. The minimum Gasteiger partial charge on any atom is -0.507 e. The van der Waals surface area contributed by atoms with Gasteiger partial charge in [0.15, 0.2) is 0 Å². The van der Waals surface area contributed by atoms with Crippen LogP contribution in [0, 0.1) is 5.92 Å². The molecule has 0 atom stereocenters. The lowest BCUT2D eigenvalue weighted by molar-refractivity contribution is -0.131. The van der Waals surface area contributed by atoms with Gasteiger partial charge in [-0.3, -0.25) is 9.59 Å². The molecular formula is C18H22N2O3. The Morgan fingerprint density at radius 3 is 2.57 bits per heavy atom. The molecule has 2 amide bonds. The van der Waals surface area contributed by atoms with Crippen molar-refractivity contribution in [2.24, 2.45) is 5.92 Å². The zero-order chi connectivity index (χ0) is 16.0. The molecule has 4 rings (SSSR count). The molecule has 0 aromatic heterocycles. The summed E-state index contributed by atoms with van der Waals surface area (Å²) in [5.74, 6) is 0.346. The maximum absolute atomic E-state index is 12.7. The third kappa shape index (κ3) is 2.58. The highest BCUT2D eigenvalue weighted by Crippen LogP contribution is 2.34. The number of aryl methyl sites for hydroxylation is 1. The van der Waals surface area contributed by atoms with Crippen LogP contribution in [0.5, 0.6) is 5.75 Å². The van der Waals surface area contributed by atoms with Crippen molar-refractivity contribution in [3.05, 3.63) is 28.8 Å². The summed E-state index contributed by atoms with van der Waals surface area (Å²) in [5.41, 5.74) is 2.48. The van der Waals surface area contributed by atoms with Crippen LogP contribution < -0.4 is 0 Å². The highest BCUT2D eigenvalue weighted by molar-refractivity contribution is 5.98. The van der Waals surface area contributed by atoms with Crippen molar-refractivity contribution in [2.45, 2.75) is 38.5 Å². The van der Waals surface area contributed by atoms with E-state index in [1.807, 2.05) is 6.07 Å². The predicted octanol–water partition coefficient (Wildman–Crippen LogP) is 1.92. The van der Waals surface area contributed by atoms with Crippen LogP contribution in [-0.4, -0.2) is 46.5 Å². The van der Waals surface area contributed by atoms with Gasteiger partial charge in [0, 0.05) is 19.0 Å². The number of hydrogen-bond acceptors (Lipinski definition) is 3. The van der Waals surface area contributed by atoms with Crippen LogP contribution >= 0.6 is 0 Å². The average molecular weight is 314 g/mol. The predicted molar refractivity (Wildman–Crippen MR) is 85.1 cm³/mol. The summed E-state index contributed by atoms with van der Waals surface area (Å²) in [4.78, 5) is 28.3. The second-order valence-electron chi connectivity index (χ2n) is 6.89. The number of phenols is 1. The monoisotopic (exact) mass is 314 g/mol. The molecule has 1 saturated carbocycles. The third-order valence-electron chi connectivity index (χ3n) is 5.24. The number of fused-ring (bicyclic) bond motifs is 1. The van der Waals surface area contributed by atoms with Gasteiger partial charge < -0.3 is 14.9 Å². The fourth-order valence-electron chi connectivity index (χ4n) is 3.67. The molecule has 0 unspecified atom stereocenters. The molecule has 0 spiro atoms. The summed E-state index contributed by atoms with van der Waals surface area (Å²) in [6.07, 6.45) is 5.98. The first-order valence-electron chi connectivity index (χ1n) is 8.57. The lowest BCUT2D eigenvalue weighted by atomic mass is 9.89. The second kappa shape index (κ2) is 5.55. The Kier molecular flexibility index (Phi) is 3.51. The molecule has 1 saturated heterocycles. The van der Waals surface area contributed by atoms with Crippen molar-refractivity contribution < 1.29 is 14.7 Å². The summed E-state index contributed by atoms with van der Waals surface area (Å²) in [6.45, 7) is 1.51. The summed E-state index contributed by atoms with van der Waals surface area (Å²) < 4.78 is 0. The Morgan fingerprint density at radius 2 is 1.78 bits per heavy atom. The maximum Gasteiger partial charge on any atom is 0.259 e. The number of aromatic hydroxyl groups is 1. The molecule has 1 heterocycles. The third-order valence-corrected chi connectivity index (χ3v) is 5.24. The Hall–Kier alpha value is -2.04. The van der Waals surface area contributed by atoms with Gasteiger partial charge in [-0.25, -0.2) is 0 Å². The molecule has 1 aromatic rings. The van der Waals surface area contributed by atoms with Crippen molar-refractivity contribution >= 4 is 11.8 Å². The molecule has 1 N–H and O–H groups in total. The highest BCUT2D eigenvalue weighted by Gasteiger charge is 2.37. The van der Waals surface area contributed by atoms with E-state index in [1.165, 1.54) is 0 Å². The van der Waals surface area contributed by atoms with Gasteiger partial charge in [-0.15, -0.1) is 0 Å². The van der Waals surface area contributed by atoms with E-state index in [4.69, 9.17) is 0 Å². The Bertz CT molecular complexity index is 666. The fourth-order valence-corrected chi connectivity index (χ4v) is 3.67. The number of benzene rings is 1. The van der Waals surface area contributed by atoms with E-state index in [-0.39, 0.29) is 23.5 Å². The zero-order valence-corrected chi connectivity index (χ0v) is 13.3. The topological polar surface area (TPSA) is 60.9 Å². The number of phenolic OH excluding ortho intramolecular Hbond substituents is 1. The van der Waals surface area contributed by atoms with Gasteiger partial charge in [-0.2, -0.15) is 0 Å². The van der Waals surface area contributed by atoms with E-state index >= 15 is 0 Å². The minimum atomic E-state index is -0.165. The van der Waals surface area contributed by atoms with Crippen LogP contribution in [0.1, 0.15) is 47.2 Å². The lowest BCUT2D eigenvalue weighted by Gasteiger charge is -2.22. The van der Waals surface area contributed by atoms with Crippen LogP contribution in [0.25, 0.3) is 0 Å². The zero-order valence-electron chi connectivity index (χ0n) is 13.3. The van der Waals surface area contributed by atoms with Crippen LogP contribution in [0.4, 0.5) is 0 Å². The van der Waals surface area contributed by atoms with E-state index in [0.29, 0.717) is 25.3 Å². The van der Waals surface area contributed by atoms with Crippen molar-refractivity contribution in [1.82, 2.24) is 9.80 Å². The first-order chi connectivity index (χ1) is 11.1. The smallest absolute Gasteiger partial charge is 0.259 e. The molecule has 2 fully saturated rings. The Morgan fingerprint density at radius 1 is 1.04 bits per heavy atom. The highest BCUT2D eigenvalue weighted by atomic mass is 16.3. The van der Waals surface area contributed by atoms with Crippen molar-refractivity contribution in [3.8, 4) is 5.75 Å². The summed E-state index contributed by atoms with van der Waals surface area (Å²) >= 11 is 0. The average Bonchev–Trinajstić information content (AvgIpc) is 3.31. The molecule has 1 aliphatic heterocycles. The van der Waals surface area contributed by atoms with E-state index in [1.54, 1.807) is 15.9 Å². The number of carbonyl (C=O) groups excluding carboxylic acids is 2. The van der Waals surface area contributed by atoms with E-state index < -0.39 is 0 Å².